The molecule has 0 saturated heterocycles. The lowest BCUT2D eigenvalue weighted by Gasteiger charge is -2.28. The smallest absolute Gasteiger partial charge is 0.131 e. The summed E-state index contributed by atoms with van der Waals surface area (Å²) in [4.78, 5) is 11.8. The number of benzene rings is 1. The van der Waals surface area contributed by atoms with Crippen LogP contribution >= 0.6 is 11.3 Å². The fourth-order valence-electron chi connectivity index (χ4n) is 3.20. The number of thiophene rings is 1. The molecule has 3 nitrogen and oxygen atoms in total. The van der Waals surface area contributed by atoms with E-state index in [1.165, 1.54) is 26.9 Å². The second kappa shape index (κ2) is 6.02. The van der Waals surface area contributed by atoms with Gasteiger partial charge in [0.25, 0.3) is 0 Å². The van der Waals surface area contributed by atoms with Gasteiger partial charge >= 0.3 is 0 Å². The van der Waals surface area contributed by atoms with Crippen LogP contribution in [0, 0.1) is 0 Å². The molecule has 3 heterocycles. The third-order valence-corrected chi connectivity index (χ3v) is 5.52. The predicted octanol–water partition coefficient (Wildman–Crippen LogP) is 4.37. The molecule has 0 spiro atoms. The summed E-state index contributed by atoms with van der Waals surface area (Å²) >= 11 is 1.84. The minimum Gasteiger partial charge on any atom is -0.294 e. The average molecular weight is 323 g/mol. The van der Waals surface area contributed by atoms with Crippen molar-refractivity contribution in [2.24, 2.45) is 0 Å². The van der Waals surface area contributed by atoms with E-state index in [4.69, 9.17) is 4.98 Å². The van der Waals surface area contributed by atoms with Crippen LogP contribution in [0.2, 0.25) is 0 Å². The van der Waals surface area contributed by atoms with Gasteiger partial charge in [-0.1, -0.05) is 32.0 Å². The summed E-state index contributed by atoms with van der Waals surface area (Å²) in [5.74, 6) is 1.37. The summed E-state index contributed by atoms with van der Waals surface area (Å²) in [5.41, 5.74) is 3.98. The fourth-order valence-corrected chi connectivity index (χ4v) is 4.15. The molecular formula is C19H21N3S. The number of nitrogens with zero attached hydrogens (tertiary/aromatic N) is 3. The first-order chi connectivity index (χ1) is 11.2. The molecule has 1 aliphatic rings. The maximum Gasteiger partial charge on any atom is 0.131 e. The van der Waals surface area contributed by atoms with Crippen LogP contribution in [0.3, 0.4) is 0 Å². The van der Waals surface area contributed by atoms with E-state index in [9.17, 15) is 0 Å². The summed E-state index contributed by atoms with van der Waals surface area (Å²) in [6.45, 7) is 7.34. The number of fused-ring (bicyclic) bond motifs is 2. The first-order valence-corrected chi connectivity index (χ1v) is 9.11. The monoisotopic (exact) mass is 323 g/mol. The number of aromatic nitrogens is 2. The SMILES string of the molecule is CC(C)c1ncc2c(n1)CCN(Cc1csc3ccccc13)C2. The molecule has 3 aromatic rings. The number of hydrogen-bond acceptors (Lipinski definition) is 4. The van der Waals surface area contributed by atoms with Crippen molar-refractivity contribution >= 4 is 21.4 Å². The van der Waals surface area contributed by atoms with Gasteiger partial charge in [0.2, 0.25) is 0 Å². The Balaban J connectivity index is 1.54. The maximum absolute atomic E-state index is 4.76. The minimum atomic E-state index is 0.399. The van der Waals surface area contributed by atoms with Gasteiger partial charge in [-0.15, -0.1) is 11.3 Å². The highest BCUT2D eigenvalue weighted by atomic mass is 32.1. The third kappa shape index (κ3) is 2.89. The van der Waals surface area contributed by atoms with Gasteiger partial charge in [-0.2, -0.15) is 0 Å². The zero-order chi connectivity index (χ0) is 15.8. The number of rotatable bonds is 3. The standard InChI is InChI=1S/C19H21N3S/c1-13(2)19-20-9-14-10-22(8-7-17(14)21-19)11-15-12-23-18-6-4-3-5-16(15)18/h3-6,9,12-13H,7-8,10-11H2,1-2H3. The van der Waals surface area contributed by atoms with Gasteiger partial charge < -0.3 is 0 Å². The molecule has 1 aliphatic heterocycles. The van der Waals surface area contributed by atoms with E-state index in [-0.39, 0.29) is 0 Å². The van der Waals surface area contributed by atoms with Gasteiger partial charge in [-0.3, -0.25) is 4.90 Å². The number of hydrogen-bond donors (Lipinski definition) is 0. The Morgan fingerprint density at radius 2 is 2.13 bits per heavy atom. The van der Waals surface area contributed by atoms with Crippen molar-refractivity contribution in [2.45, 2.75) is 39.3 Å². The van der Waals surface area contributed by atoms with E-state index in [0.29, 0.717) is 5.92 Å². The maximum atomic E-state index is 4.76. The van der Waals surface area contributed by atoms with E-state index in [1.54, 1.807) is 0 Å². The Kier molecular flexibility index (Phi) is 3.87. The first-order valence-electron chi connectivity index (χ1n) is 8.23. The molecule has 0 fully saturated rings. The van der Waals surface area contributed by atoms with Gasteiger partial charge in [-0.25, -0.2) is 9.97 Å². The van der Waals surface area contributed by atoms with Crippen molar-refractivity contribution in [3.8, 4) is 0 Å². The van der Waals surface area contributed by atoms with Crippen molar-refractivity contribution in [2.75, 3.05) is 6.54 Å². The second-order valence-corrected chi connectivity index (χ2v) is 7.48. The Hall–Kier alpha value is -1.78. The van der Waals surface area contributed by atoms with Crippen LogP contribution in [0.25, 0.3) is 10.1 Å². The molecule has 118 valence electrons. The Bertz CT molecular complexity index is 838. The highest BCUT2D eigenvalue weighted by Crippen LogP contribution is 2.28. The molecule has 0 bridgehead atoms. The lowest BCUT2D eigenvalue weighted by molar-refractivity contribution is 0.243. The van der Waals surface area contributed by atoms with Gasteiger partial charge in [0, 0.05) is 54.1 Å². The predicted molar refractivity (Wildman–Crippen MR) is 95.8 cm³/mol. The fraction of sp³-hybridized carbons (Fsp3) is 0.368. The highest BCUT2D eigenvalue weighted by Gasteiger charge is 2.20. The Labute approximate surface area is 141 Å². The van der Waals surface area contributed by atoms with Gasteiger partial charge in [0.05, 0.1) is 0 Å². The zero-order valence-corrected chi connectivity index (χ0v) is 14.4. The lowest BCUT2D eigenvalue weighted by Crippen LogP contribution is -2.31. The molecule has 0 amide bonds. The van der Waals surface area contributed by atoms with Crippen LogP contribution in [0.4, 0.5) is 0 Å². The van der Waals surface area contributed by atoms with E-state index >= 15 is 0 Å². The van der Waals surface area contributed by atoms with Crippen LogP contribution in [0.15, 0.2) is 35.8 Å². The largest absolute Gasteiger partial charge is 0.294 e. The molecule has 23 heavy (non-hydrogen) atoms. The van der Waals surface area contributed by atoms with Crippen LogP contribution in [0.1, 0.15) is 42.4 Å². The summed E-state index contributed by atoms with van der Waals surface area (Å²) < 4.78 is 1.38. The van der Waals surface area contributed by atoms with Crippen LogP contribution in [-0.4, -0.2) is 21.4 Å². The quantitative estimate of drug-likeness (QED) is 0.716. The van der Waals surface area contributed by atoms with Crippen LogP contribution < -0.4 is 0 Å². The molecule has 0 aliphatic carbocycles. The van der Waals surface area contributed by atoms with E-state index in [0.717, 1.165) is 31.9 Å². The molecule has 4 heteroatoms. The molecule has 4 rings (SSSR count). The molecule has 0 N–H and O–H groups in total. The topological polar surface area (TPSA) is 29.0 Å². The van der Waals surface area contributed by atoms with Crippen molar-refractivity contribution in [3.63, 3.8) is 0 Å². The van der Waals surface area contributed by atoms with Crippen molar-refractivity contribution in [1.82, 2.24) is 14.9 Å². The molecule has 0 saturated carbocycles. The van der Waals surface area contributed by atoms with Crippen LogP contribution in [-0.2, 0) is 19.5 Å². The van der Waals surface area contributed by atoms with Crippen molar-refractivity contribution in [1.29, 1.82) is 0 Å². The average Bonchev–Trinajstić information content (AvgIpc) is 2.97. The minimum absolute atomic E-state index is 0.399. The van der Waals surface area contributed by atoms with E-state index in [2.05, 4.69) is 53.4 Å². The summed E-state index contributed by atoms with van der Waals surface area (Å²) in [7, 11) is 0. The summed E-state index contributed by atoms with van der Waals surface area (Å²) in [5, 5.41) is 3.70. The highest BCUT2D eigenvalue weighted by molar-refractivity contribution is 7.17. The molecule has 2 aromatic heterocycles. The van der Waals surface area contributed by atoms with Crippen LogP contribution in [0.5, 0.6) is 0 Å². The summed E-state index contributed by atoms with van der Waals surface area (Å²) in [6.07, 6.45) is 3.06. The molecule has 1 aromatic carbocycles. The first kappa shape index (κ1) is 14.8. The van der Waals surface area contributed by atoms with Crippen molar-refractivity contribution < 1.29 is 0 Å². The summed E-state index contributed by atoms with van der Waals surface area (Å²) in [6, 6.07) is 8.68. The lowest BCUT2D eigenvalue weighted by atomic mass is 10.1. The Morgan fingerprint density at radius 3 is 3.00 bits per heavy atom. The van der Waals surface area contributed by atoms with Crippen molar-refractivity contribution in [3.05, 3.63) is 58.5 Å². The molecular weight excluding hydrogens is 302 g/mol. The van der Waals surface area contributed by atoms with E-state index < -0.39 is 0 Å². The molecule has 0 radical (unpaired) electrons. The van der Waals surface area contributed by atoms with Gasteiger partial charge in [-0.05, 0) is 22.4 Å². The third-order valence-electron chi connectivity index (χ3n) is 4.50. The normalized spacial score (nSPS) is 15.3. The molecule has 0 unspecified atom stereocenters. The van der Waals surface area contributed by atoms with Gasteiger partial charge in [0.1, 0.15) is 5.82 Å². The van der Waals surface area contributed by atoms with E-state index in [1.807, 2.05) is 17.5 Å². The molecule has 0 atom stereocenters. The second-order valence-electron chi connectivity index (χ2n) is 6.57. The van der Waals surface area contributed by atoms with Gasteiger partial charge in [0.15, 0.2) is 0 Å². The Morgan fingerprint density at radius 1 is 1.26 bits per heavy atom. The zero-order valence-electron chi connectivity index (χ0n) is 13.6.